The predicted octanol–water partition coefficient (Wildman–Crippen LogP) is 4.35. The normalized spacial score (nSPS) is 12.7. The van der Waals surface area contributed by atoms with Gasteiger partial charge in [0.05, 0.1) is 5.69 Å². The van der Waals surface area contributed by atoms with Gasteiger partial charge in [0, 0.05) is 34.1 Å². The summed E-state index contributed by atoms with van der Waals surface area (Å²) in [6.45, 7) is 2.44. The fourth-order valence-corrected chi connectivity index (χ4v) is 3.30. The number of halogens is 2. The Hall–Kier alpha value is -3.28. The number of rotatable bonds is 3. The van der Waals surface area contributed by atoms with Gasteiger partial charge in [0.1, 0.15) is 0 Å². The van der Waals surface area contributed by atoms with Gasteiger partial charge < -0.3 is 10.2 Å². The van der Waals surface area contributed by atoms with E-state index in [0.29, 0.717) is 17.8 Å². The third-order valence-electron chi connectivity index (χ3n) is 4.53. The second-order valence-electron chi connectivity index (χ2n) is 5.99. The van der Waals surface area contributed by atoms with Gasteiger partial charge in [-0.25, -0.2) is 8.78 Å². The molecule has 26 heavy (non-hydrogen) atoms. The number of anilines is 2. The highest BCUT2D eigenvalue weighted by atomic mass is 19.2. The molecule has 0 saturated carbocycles. The van der Waals surface area contributed by atoms with Gasteiger partial charge in [0.15, 0.2) is 11.6 Å². The molecular formula is C20H14F2N2O2. The van der Waals surface area contributed by atoms with E-state index < -0.39 is 17.5 Å². The Morgan fingerprint density at radius 1 is 1.08 bits per heavy atom. The first-order valence-electron chi connectivity index (χ1n) is 8.15. The van der Waals surface area contributed by atoms with Crippen LogP contribution in [0.4, 0.5) is 20.2 Å². The van der Waals surface area contributed by atoms with Crippen molar-refractivity contribution in [1.82, 2.24) is 0 Å². The van der Waals surface area contributed by atoms with Gasteiger partial charge in [0.2, 0.25) is 0 Å². The lowest BCUT2D eigenvalue weighted by molar-refractivity contribution is 0.0992. The lowest BCUT2D eigenvalue weighted by atomic mass is 10.0. The van der Waals surface area contributed by atoms with Crippen LogP contribution in [-0.4, -0.2) is 18.4 Å². The second-order valence-corrected chi connectivity index (χ2v) is 5.99. The van der Waals surface area contributed by atoms with E-state index in [1.54, 1.807) is 29.2 Å². The summed E-state index contributed by atoms with van der Waals surface area (Å²) in [5.41, 5.74) is 1.90. The van der Waals surface area contributed by atoms with Crippen molar-refractivity contribution in [2.75, 3.05) is 16.8 Å². The molecule has 2 amide bonds. The van der Waals surface area contributed by atoms with E-state index in [0.717, 1.165) is 28.6 Å². The number of hydrogen-bond donors (Lipinski definition) is 1. The smallest absolute Gasteiger partial charge is 0.258 e. The zero-order chi connectivity index (χ0) is 18.4. The molecule has 0 saturated heterocycles. The first-order valence-corrected chi connectivity index (χ1v) is 8.15. The van der Waals surface area contributed by atoms with Crippen LogP contribution in [0.25, 0.3) is 10.8 Å². The van der Waals surface area contributed by atoms with Crippen molar-refractivity contribution in [3.05, 3.63) is 71.3 Å². The predicted molar refractivity (Wildman–Crippen MR) is 95.6 cm³/mol. The molecule has 1 heterocycles. The highest BCUT2D eigenvalue weighted by Crippen LogP contribution is 2.40. The SMILES string of the molecule is CCN1C(=O)c2cccc3c(NC(=O)c4ccc(F)c(F)c4)ccc1c23. The molecule has 1 aliphatic rings. The van der Waals surface area contributed by atoms with E-state index in [1.807, 2.05) is 13.0 Å². The number of nitrogens with zero attached hydrogens (tertiary/aromatic N) is 1. The molecule has 4 rings (SSSR count). The summed E-state index contributed by atoms with van der Waals surface area (Å²) < 4.78 is 26.4. The van der Waals surface area contributed by atoms with Crippen molar-refractivity contribution in [3.63, 3.8) is 0 Å². The minimum absolute atomic E-state index is 0.0124. The molecule has 0 unspecified atom stereocenters. The number of hydrogen-bond acceptors (Lipinski definition) is 2. The maximum Gasteiger partial charge on any atom is 0.258 e. The third kappa shape index (κ3) is 2.34. The lowest BCUT2D eigenvalue weighted by Gasteiger charge is -2.15. The van der Waals surface area contributed by atoms with Crippen LogP contribution in [0, 0.1) is 11.6 Å². The molecule has 0 bridgehead atoms. The largest absolute Gasteiger partial charge is 0.321 e. The molecule has 3 aromatic rings. The molecule has 0 atom stereocenters. The van der Waals surface area contributed by atoms with E-state index >= 15 is 0 Å². The third-order valence-corrected chi connectivity index (χ3v) is 4.53. The standard InChI is InChI=1S/C20H14F2N2O2/c1-2-24-17-9-8-16(12-4-3-5-13(18(12)17)20(24)26)23-19(25)11-6-7-14(21)15(22)10-11/h3-10H,2H2,1H3,(H,23,25). The maximum atomic E-state index is 13.4. The zero-order valence-electron chi connectivity index (χ0n) is 13.8. The van der Waals surface area contributed by atoms with Crippen LogP contribution in [0.1, 0.15) is 27.6 Å². The van der Waals surface area contributed by atoms with Crippen molar-refractivity contribution in [2.24, 2.45) is 0 Å². The Balaban J connectivity index is 1.77. The van der Waals surface area contributed by atoms with Crippen LogP contribution in [-0.2, 0) is 0 Å². The molecule has 0 aliphatic carbocycles. The number of amides is 2. The molecule has 130 valence electrons. The summed E-state index contributed by atoms with van der Waals surface area (Å²) in [5, 5.41) is 4.22. The van der Waals surface area contributed by atoms with Gasteiger partial charge in [-0.3, -0.25) is 9.59 Å². The van der Waals surface area contributed by atoms with Crippen molar-refractivity contribution >= 4 is 34.0 Å². The van der Waals surface area contributed by atoms with Gasteiger partial charge in [-0.1, -0.05) is 12.1 Å². The Labute approximate surface area is 148 Å². The monoisotopic (exact) mass is 352 g/mol. The Kier molecular flexibility index (Phi) is 3.68. The number of carbonyl (C=O) groups excluding carboxylic acids is 2. The Morgan fingerprint density at radius 3 is 2.62 bits per heavy atom. The first-order chi connectivity index (χ1) is 12.5. The van der Waals surface area contributed by atoms with E-state index in [9.17, 15) is 18.4 Å². The van der Waals surface area contributed by atoms with E-state index in [2.05, 4.69) is 5.32 Å². The van der Waals surface area contributed by atoms with Gasteiger partial charge in [-0.15, -0.1) is 0 Å². The van der Waals surface area contributed by atoms with Crippen LogP contribution >= 0.6 is 0 Å². The highest BCUT2D eigenvalue weighted by molar-refractivity contribution is 6.27. The quantitative estimate of drug-likeness (QED) is 0.762. The first kappa shape index (κ1) is 16.2. The summed E-state index contributed by atoms with van der Waals surface area (Å²) in [6.07, 6.45) is 0. The van der Waals surface area contributed by atoms with Gasteiger partial charge in [-0.2, -0.15) is 0 Å². The molecule has 1 N–H and O–H groups in total. The van der Waals surface area contributed by atoms with Crippen LogP contribution in [0.5, 0.6) is 0 Å². The molecule has 6 heteroatoms. The number of benzene rings is 3. The highest BCUT2D eigenvalue weighted by Gasteiger charge is 2.29. The van der Waals surface area contributed by atoms with Crippen LogP contribution in [0.2, 0.25) is 0 Å². The van der Waals surface area contributed by atoms with Gasteiger partial charge in [0.25, 0.3) is 11.8 Å². The molecule has 0 spiro atoms. The number of nitrogens with one attached hydrogen (secondary N) is 1. The van der Waals surface area contributed by atoms with Gasteiger partial charge >= 0.3 is 0 Å². The molecule has 0 fully saturated rings. The fraction of sp³-hybridized carbons (Fsp3) is 0.100. The zero-order valence-corrected chi connectivity index (χ0v) is 13.8. The van der Waals surface area contributed by atoms with Crippen LogP contribution in [0.15, 0.2) is 48.5 Å². The van der Waals surface area contributed by atoms with Crippen LogP contribution in [0.3, 0.4) is 0 Å². The summed E-state index contributed by atoms with van der Waals surface area (Å²) in [4.78, 5) is 26.6. The van der Waals surface area contributed by atoms with Crippen LogP contribution < -0.4 is 10.2 Å². The Morgan fingerprint density at radius 2 is 1.88 bits per heavy atom. The minimum atomic E-state index is -1.08. The number of carbonyl (C=O) groups is 2. The van der Waals surface area contributed by atoms with E-state index in [1.165, 1.54) is 6.07 Å². The van der Waals surface area contributed by atoms with Gasteiger partial charge in [-0.05, 0) is 43.3 Å². The van der Waals surface area contributed by atoms with E-state index in [-0.39, 0.29) is 11.5 Å². The fourth-order valence-electron chi connectivity index (χ4n) is 3.30. The Bertz CT molecular complexity index is 1080. The molecular weight excluding hydrogens is 338 g/mol. The van der Waals surface area contributed by atoms with Crippen molar-refractivity contribution in [1.29, 1.82) is 0 Å². The summed E-state index contributed by atoms with van der Waals surface area (Å²) >= 11 is 0. The molecule has 4 nitrogen and oxygen atoms in total. The molecule has 1 aliphatic heterocycles. The topological polar surface area (TPSA) is 49.4 Å². The summed E-state index contributed by atoms with van der Waals surface area (Å²) in [5.74, 6) is -2.72. The van der Waals surface area contributed by atoms with Crippen molar-refractivity contribution in [2.45, 2.75) is 6.92 Å². The summed E-state index contributed by atoms with van der Waals surface area (Å²) in [7, 11) is 0. The average Bonchev–Trinajstić information content (AvgIpc) is 2.92. The average molecular weight is 352 g/mol. The second kappa shape index (κ2) is 5.91. The van der Waals surface area contributed by atoms with E-state index in [4.69, 9.17) is 0 Å². The van der Waals surface area contributed by atoms with Crippen molar-refractivity contribution < 1.29 is 18.4 Å². The lowest BCUT2D eigenvalue weighted by Crippen LogP contribution is -2.25. The minimum Gasteiger partial charge on any atom is -0.321 e. The molecule has 3 aromatic carbocycles. The maximum absolute atomic E-state index is 13.4. The molecule has 0 aromatic heterocycles. The van der Waals surface area contributed by atoms with Crippen molar-refractivity contribution in [3.8, 4) is 0 Å². The molecule has 0 radical (unpaired) electrons. The summed E-state index contributed by atoms with van der Waals surface area (Å²) in [6, 6.07) is 11.8.